The highest BCUT2D eigenvalue weighted by atomic mass is 16.6. The van der Waals surface area contributed by atoms with E-state index in [1.54, 1.807) is 0 Å². The largest absolute Gasteiger partial charge is 0.484 e. The topological polar surface area (TPSA) is 117 Å². The molecule has 2 atom stereocenters. The maximum Gasteiger partial charge on any atom is 0.317 e. The number of morpholine rings is 1. The van der Waals surface area contributed by atoms with Crippen LogP contribution in [0.5, 0.6) is 5.75 Å². The smallest absolute Gasteiger partial charge is 0.317 e. The Bertz CT molecular complexity index is 550. The normalized spacial score (nSPS) is 21.8. The van der Waals surface area contributed by atoms with E-state index >= 15 is 0 Å². The Labute approximate surface area is 120 Å². The predicted octanol–water partition coefficient (Wildman–Crippen LogP) is 1.26. The van der Waals surface area contributed by atoms with Gasteiger partial charge in [-0.1, -0.05) is 0 Å². The third-order valence-corrected chi connectivity index (χ3v) is 3.00. The van der Waals surface area contributed by atoms with Crippen LogP contribution in [0.4, 0.5) is 11.4 Å². The van der Waals surface area contributed by atoms with Crippen LogP contribution in [-0.2, 0) is 4.74 Å². The van der Waals surface area contributed by atoms with Crippen LogP contribution >= 0.6 is 0 Å². The van der Waals surface area contributed by atoms with Gasteiger partial charge in [0.15, 0.2) is 5.75 Å². The molecule has 114 valence electrons. The molecule has 1 N–H and O–H groups in total. The highest BCUT2D eigenvalue weighted by Gasteiger charge is 2.23. The van der Waals surface area contributed by atoms with Crippen LogP contribution < -0.4 is 10.1 Å². The van der Waals surface area contributed by atoms with Crippen molar-refractivity contribution in [2.24, 2.45) is 0 Å². The summed E-state index contributed by atoms with van der Waals surface area (Å²) in [6.07, 6.45) is -0.178. The van der Waals surface area contributed by atoms with Gasteiger partial charge in [0.2, 0.25) is 0 Å². The van der Waals surface area contributed by atoms with Crippen molar-refractivity contribution in [2.75, 3.05) is 19.7 Å². The van der Waals surface area contributed by atoms with E-state index in [1.807, 2.05) is 6.92 Å². The number of non-ortho nitro benzene ring substituents is 1. The first-order valence-electron chi connectivity index (χ1n) is 6.39. The highest BCUT2D eigenvalue weighted by Crippen LogP contribution is 2.31. The fourth-order valence-corrected chi connectivity index (χ4v) is 2.04. The molecule has 0 aliphatic carbocycles. The molecule has 9 heteroatoms. The van der Waals surface area contributed by atoms with Gasteiger partial charge in [-0.05, 0) is 13.0 Å². The van der Waals surface area contributed by atoms with E-state index in [9.17, 15) is 20.2 Å². The van der Waals surface area contributed by atoms with Crippen LogP contribution in [0.15, 0.2) is 18.2 Å². The standard InChI is InChI=1S/C12H15N3O6/c1-8-5-13-6-10(21-8)7-20-12-3-2-9(14(16)17)4-11(12)15(18)19/h2-4,8,10,13H,5-7H2,1H3. The van der Waals surface area contributed by atoms with Gasteiger partial charge in [0.25, 0.3) is 5.69 Å². The molecule has 2 rings (SSSR count). The molecule has 0 spiro atoms. The van der Waals surface area contributed by atoms with E-state index < -0.39 is 15.5 Å². The summed E-state index contributed by atoms with van der Waals surface area (Å²) in [6.45, 7) is 3.38. The molecule has 2 unspecified atom stereocenters. The summed E-state index contributed by atoms with van der Waals surface area (Å²) in [7, 11) is 0. The van der Waals surface area contributed by atoms with Gasteiger partial charge >= 0.3 is 5.69 Å². The van der Waals surface area contributed by atoms with Gasteiger partial charge in [-0.2, -0.15) is 0 Å². The molecule has 1 aromatic rings. The minimum atomic E-state index is -0.703. The van der Waals surface area contributed by atoms with Crippen LogP contribution in [0.2, 0.25) is 0 Å². The molecule has 0 amide bonds. The van der Waals surface area contributed by atoms with Crippen molar-refractivity contribution >= 4 is 11.4 Å². The number of rotatable bonds is 5. The lowest BCUT2D eigenvalue weighted by molar-refractivity contribution is -0.394. The lowest BCUT2D eigenvalue weighted by atomic mass is 10.2. The summed E-state index contributed by atoms with van der Waals surface area (Å²) in [5, 5.41) is 24.8. The zero-order valence-electron chi connectivity index (χ0n) is 11.4. The molecule has 1 fully saturated rings. The van der Waals surface area contributed by atoms with Crippen LogP contribution in [0.1, 0.15) is 6.92 Å². The minimum absolute atomic E-state index is 0.00701. The molecule has 0 bridgehead atoms. The molecule has 1 heterocycles. The van der Waals surface area contributed by atoms with E-state index in [-0.39, 0.29) is 30.3 Å². The lowest BCUT2D eigenvalue weighted by Crippen LogP contribution is -2.45. The van der Waals surface area contributed by atoms with Crippen LogP contribution in [-0.4, -0.2) is 41.8 Å². The van der Waals surface area contributed by atoms with Crippen LogP contribution in [0, 0.1) is 20.2 Å². The van der Waals surface area contributed by atoms with Crippen LogP contribution in [0.3, 0.4) is 0 Å². The summed E-state index contributed by atoms with van der Waals surface area (Å²) in [5.41, 5.74) is -0.778. The van der Waals surface area contributed by atoms with Crippen molar-refractivity contribution in [3.05, 3.63) is 38.4 Å². The van der Waals surface area contributed by atoms with Crippen molar-refractivity contribution < 1.29 is 19.3 Å². The summed E-state index contributed by atoms with van der Waals surface area (Å²) < 4.78 is 11.0. The Kier molecular flexibility index (Phi) is 4.66. The van der Waals surface area contributed by atoms with Crippen molar-refractivity contribution in [1.29, 1.82) is 0 Å². The zero-order valence-corrected chi connectivity index (χ0v) is 11.4. The average Bonchev–Trinajstić information content (AvgIpc) is 2.44. The van der Waals surface area contributed by atoms with Crippen molar-refractivity contribution in [3.63, 3.8) is 0 Å². The monoisotopic (exact) mass is 297 g/mol. The first-order valence-corrected chi connectivity index (χ1v) is 6.39. The number of benzene rings is 1. The van der Waals surface area contributed by atoms with Gasteiger partial charge in [0, 0.05) is 19.2 Å². The first kappa shape index (κ1) is 15.1. The first-order chi connectivity index (χ1) is 9.97. The molecule has 1 saturated heterocycles. The maximum atomic E-state index is 11.0. The summed E-state index contributed by atoms with van der Waals surface area (Å²) in [4.78, 5) is 20.2. The van der Waals surface area contributed by atoms with Gasteiger partial charge in [-0.25, -0.2) is 0 Å². The van der Waals surface area contributed by atoms with Gasteiger partial charge in [-0.3, -0.25) is 20.2 Å². The Balaban J connectivity index is 2.08. The minimum Gasteiger partial charge on any atom is -0.484 e. The molecule has 21 heavy (non-hydrogen) atoms. The quantitative estimate of drug-likeness (QED) is 0.642. The SMILES string of the molecule is CC1CNCC(COc2ccc([N+](=O)[O-])cc2[N+](=O)[O-])O1. The molecule has 0 aromatic heterocycles. The third-order valence-electron chi connectivity index (χ3n) is 3.00. The van der Waals surface area contributed by atoms with E-state index in [4.69, 9.17) is 9.47 Å². The van der Waals surface area contributed by atoms with E-state index in [0.717, 1.165) is 12.6 Å². The average molecular weight is 297 g/mol. The molecule has 1 aliphatic heterocycles. The number of nitrogens with zero attached hydrogens (tertiary/aromatic N) is 2. The van der Waals surface area contributed by atoms with E-state index in [0.29, 0.717) is 6.54 Å². The van der Waals surface area contributed by atoms with E-state index in [2.05, 4.69) is 5.32 Å². The molecule has 0 saturated carbocycles. The van der Waals surface area contributed by atoms with Crippen molar-refractivity contribution in [1.82, 2.24) is 5.32 Å². The molecular formula is C12H15N3O6. The lowest BCUT2D eigenvalue weighted by Gasteiger charge is -2.28. The summed E-state index contributed by atoms with van der Waals surface area (Å²) in [6, 6.07) is 3.29. The molecule has 1 aliphatic rings. The van der Waals surface area contributed by atoms with Crippen molar-refractivity contribution in [3.8, 4) is 5.75 Å². The second-order valence-electron chi connectivity index (χ2n) is 4.70. The third kappa shape index (κ3) is 3.86. The number of hydrogen-bond acceptors (Lipinski definition) is 7. The summed E-state index contributed by atoms with van der Waals surface area (Å²) in [5.74, 6) is -0.00701. The number of ether oxygens (including phenoxy) is 2. The number of nitro groups is 2. The second-order valence-corrected chi connectivity index (χ2v) is 4.70. The Hall–Kier alpha value is -2.26. The highest BCUT2D eigenvalue weighted by molar-refractivity contribution is 5.53. The molecule has 0 radical (unpaired) electrons. The Morgan fingerprint density at radius 3 is 2.71 bits per heavy atom. The van der Waals surface area contributed by atoms with Crippen molar-refractivity contribution in [2.45, 2.75) is 19.1 Å². The van der Waals surface area contributed by atoms with Gasteiger partial charge < -0.3 is 14.8 Å². The van der Waals surface area contributed by atoms with Gasteiger partial charge in [-0.15, -0.1) is 0 Å². The number of nitrogens with one attached hydrogen (secondary N) is 1. The fourth-order valence-electron chi connectivity index (χ4n) is 2.04. The molecule has 9 nitrogen and oxygen atoms in total. The molecule has 1 aromatic carbocycles. The number of hydrogen-bond donors (Lipinski definition) is 1. The maximum absolute atomic E-state index is 11.0. The predicted molar refractivity (Wildman–Crippen MR) is 72.5 cm³/mol. The zero-order chi connectivity index (χ0) is 15.4. The Morgan fingerprint density at radius 1 is 1.33 bits per heavy atom. The second kappa shape index (κ2) is 6.46. The van der Waals surface area contributed by atoms with Gasteiger partial charge in [0.1, 0.15) is 12.7 Å². The number of nitro benzene ring substituents is 2. The Morgan fingerprint density at radius 2 is 2.10 bits per heavy atom. The van der Waals surface area contributed by atoms with Crippen LogP contribution in [0.25, 0.3) is 0 Å². The van der Waals surface area contributed by atoms with Gasteiger partial charge in [0.05, 0.1) is 22.0 Å². The molecular weight excluding hydrogens is 282 g/mol. The fraction of sp³-hybridized carbons (Fsp3) is 0.500. The van der Waals surface area contributed by atoms with E-state index in [1.165, 1.54) is 12.1 Å². The summed E-state index contributed by atoms with van der Waals surface area (Å²) >= 11 is 0.